The Morgan fingerprint density at radius 3 is 2.85 bits per heavy atom. The lowest BCUT2D eigenvalue weighted by Gasteiger charge is -2.05. The molecule has 6 heteroatoms. The first kappa shape index (κ1) is 13.8. The van der Waals surface area contributed by atoms with E-state index in [9.17, 15) is 9.59 Å². The van der Waals surface area contributed by atoms with Gasteiger partial charge in [0.2, 0.25) is 0 Å². The van der Waals surface area contributed by atoms with Crippen LogP contribution >= 0.6 is 11.3 Å². The molecule has 1 heterocycles. The largest absolute Gasteiger partial charge is 0.465 e. The molecular weight excluding hydrogens is 276 g/mol. The van der Waals surface area contributed by atoms with E-state index in [1.54, 1.807) is 29.6 Å². The number of hydrogen-bond acceptors (Lipinski definition) is 5. The van der Waals surface area contributed by atoms with Crippen LogP contribution in [0.25, 0.3) is 0 Å². The monoisotopic (exact) mass is 286 g/mol. The molecule has 0 fully saturated rings. The predicted octanol–water partition coefficient (Wildman–Crippen LogP) is 2.66. The molecule has 1 amide bonds. The van der Waals surface area contributed by atoms with E-state index >= 15 is 0 Å². The molecule has 100 valence electrons. The zero-order valence-electron chi connectivity index (χ0n) is 10.5. The van der Waals surface area contributed by atoms with Gasteiger partial charge in [-0.15, -0.1) is 11.3 Å². The number of esters is 1. The number of anilines is 1. The van der Waals surface area contributed by atoms with Gasteiger partial charge in [-0.2, -0.15) is 5.26 Å². The van der Waals surface area contributed by atoms with E-state index in [1.807, 2.05) is 6.07 Å². The molecule has 0 bridgehead atoms. The second kappa shape index (κ2) is 5.99. The van der Waals surface area contributed by atoms with Crippen molar-refractivity contribution in [3.63, 3.8) is 0 Å². The van der Waals surface area contributed by atoms with Crippen LogP contribution in [-0.2, 0) is 4.74 Å². The van der Waals surface area contributed by atoms with Crippen molar-refractivity contribution in [1.82, 2.24) is 0 Å². The number of rotatable bonds is 3. The zero-order chi connectivity index (χ0) is 14.5. The SMILES string of the molecule is COC(=O)c1sccc1NC(=O)c1cccc(C#N)c1. The van der Waals surface area contributed by atoms with Gasteiger partial charge in [0.05, 0.1) is 24.4 Å². The number of hydrogen-bond donors (Lipinski definition) is 1. The van der Waals surface area contributed by atoms with Gasteiger partial charge in [-0.05, 0) is 29.6 Å². The molecule has 20 heavy (non-hydrogen) atoms. The van der Waals surface area contributed by atoms with Gasteiger partial charge < -0.3 is 10.1 Å². The molecule has 2 aromatic rings. The highest BCUT2D eigenvalue weighted by molar-refractivity contribution is 7.12. The average molecular weight is 286 g/mol. The highest BCUT2D eigenvalue weighted by Gasteiger charge is 2.16. The lowest BCUT2D eigenvalue weighted by atomic mass is 10.1. The molecule has 1 aromatic carbocycles. The van der Waals surface area contributed by atoms with Crippen LogP contribution in [-0.4, -0.2) is 19.0 Å². The second-order valence-corrected chi connectivity index (χ2v) is 4.72. The Morgan fingerprint density at radius 2 is 2.15 bits per heavy atom. The number of carbonyl (C=O) groups excluding carboxylic acids is 2. The average Bonchev–Trinajstić information content (AvgIpc) is 2.94. The van der Waals surface area contributed by atoms with Gasteiger partial charge >= 0.3 is 5.97 Å². The van der Waals surface area contributed by atoms with Crippen LogP contribution in [0.1, 0.15) is 25.6 Å². The molecule has 0 radical (unpaired) electrons. The summed E-state index contributed by atoms with van der Waals surface area (Å²) in [5, 5.41) is 13.1. The van der Waals surface area contributed by atoms with Crippen LogP contribution in [0, 0.1) is 11.3 Å². The van der Waals surface area contributed by atoms with E-state index in [-0.39, 0.29) is 5.91 Å². The molecule has 0 saturated heterocycles. The van der Waals surface area contributed by atoms with Crippen molar-refractivity contribution in [3.05, 3.63) is 51.7 Å². The maximum atomic E-state index is 12.1. The zero-order valence-corrected chi connectivity index (χ0v) is 11.4. The Hall–Kier alpha value is -2.65. The quantitative estimate of drug-likeness (QED) is 0.880. The number of nitrogens with zero attached hydrogens (tertiary/aromatic N) is 1. The fourth-order valence-electron chi connectivity index (χ4n) is 1.58. The maximum Gasteiger partial charge on any atom is 0.350 e. The fourth-order valence-corrected chi connectivity index (χ4v) is 2.35. The van der Waals surface area contributed by atoms with Crippen LogP contribution < -0.4 is 5.32 Å². The van der Waals surface area contributed by atoms with Crippen molar-refractivity contribution >= 4 is 28.9 Å². The molecule has 0 aliphatic heterocycles. The summed E-state index contributed by atoms with van der Waals surface area (Å²) in [6.45, 7) is 0. The smallest absolute Gasteiger partial charge is 0.350 e. The number of benzene rings is 1. The Bertz CT molecular complexity index is 700. The molecule has 0 unspecified atom stereocenters. The van der Waals surface area contributed by atoms with Gasteiger partial charge in [0.15, 0.2) is 0 Å². The van der Waals surface area contributed by atoms with Crippen LogP contribution in [0.3, 0.4) is 0 Å². The maximum absolute atomic E-state index is 12.1. The summed E-state index contributed by atoms with van der Waals surface area (Å²) in [7, 11) is 1.28. The molecule has 0 aliphatic rings. The Morgan fingerprint density at radius 1 is 1.35 bits per heavy atom. The number of nitrogens with one attached hydrogen (secondary N) is 1. The van der Waals surface area contributed by atoms with E-state index in [2.05, 4.69) is 10.1 Å². The van der Waals surface area contributed by atoms with Gasteiger partial charge in [0.25, 0.3) is 5.91 Å². The lowest BCUT2D eigenvalue weighted by molar-refractivity contribution is 0.0607. The van der Waals surface area contributed by atoms with Gasteiger partial charge in [0.1, 0.15) is 4.88 Å². The van der Waals surface area contributed by atoms with Crippen molar-refractivity contribution in [2.75, 3.05) is 12.4 Å². The van der Waals surface area contributed by atoms with Gasteiger partial charge in [-0.1, -0.05) is 6.07 Å². The molecule has 0 saturated carbocycles. The molecule has 0 atom stereocenters. The van der Waals surface area contributed by atoms with Gasteiger partial charge in [0, 0.05) is 5.56 Å². The molecule has 0 spiro atoms. The summed E-state index contributed by atoms with van der Waals surface area (Å²) in [4.78, 5) is 23.9. The first-order valence-electron chi connectivity index (χ1n) is 5.63. The number of carbonyl (C=O) groups is 2. The van der Waals surface area contributed by atoms with Crippen molar-refractivity contribution < 1.29 is 14.3 Å². The van der Waals surface area contributed by atoms with Crippen molar-refractivity contribution in [1.29, 1.82) is 5.26 Å². The lowest BCUT2D eigenvalue weighted by Crippen LogP contribution is -2.14. The van der Waals surface area contributed by atoms with Gasteiger partial charge in [-0.25, -0.2) is 4.79 Å². The summed E-state index contributed by atoms with van der Waals surface area (Å²) in [6.07, 6.45) is 0. The van der Waals surface area contributed by atoms with E-state index in [0.717, 1.165) is 0 Å². The first-order valence-corrected chi connectivity index (χ1v) is 6.51. The van der Waals surface area contributed by atoms with Crippen molar-refractivity contribution in [3.8, 4) is 6.07 Å². The van der Waals surface area contributed by atoms with Crippen LogP contribution in [0.4, 0.5) is 5.69 Å². The summed E-state index contributed by atoms with van der Waals surface area (Å²) < 4.78 is 4.64. The van der Waals surface area contributed by atoms with E-state index < -0.39 is 5.97 Å². The summed E-state index contributed by atoms with van der Waals surface area (Å²) in [5.74, 6) is -0.883. The normalized spacial score (nSPS) is 9.60. The van der Waals surface area contributed by atoms with Crippen molar-refractivity contribution in [2.24, 2.45) is 0 Å². The standard InChI is InChI=1S/C14H10N2O3S/c1-19-14(18)12-11(5-6-20-12)16-13(17)10-4-2-3-9(7-10)8-15/h2-7H,1H3,(H,16,17). The second-order valence-electron chi connectivity index (χ2n) is 3.80. The fraction of sp³-hybridized carbons (Fsp3) is 0.0714. The summed E-state index contributed by atoms with van der Waals surface area (Å²) >= 11 is 1.19. The third kappa shape index (κ3) is 2.84. The summed E-state index contributed by atoms with van der Waals surface area (Å²) in [5.41, 5.74) is 1.15. The minimum atomic E-state index is -0.499. The highest BCUT2D eigenvalue weighted by atomic mass is 32.1. The highest BCUT2D eigenvalue weighted by Crippen LogP contribution is 2.23. The van der Waals surface area contributed by atoms with Gasteiger partial charge in [-0.3, -0.25) is 4.79 Å². The Kier molecular flexibility index (Phi) is 4.13. The number of amides is 1. The third-order valence-electron chi connectivity index (χ3n) is 2.54. The molecular formula is C14H10N2O3S. The van der Waals surface area contributed by atoms with E-state index in [4.69, 9.17) is 5.26 Å². The number of thiophene rings is 1. The Labute approximate surface area is 119 Å². The minimum Gasteiger partial charge on any atom is -0.465 e. The number of ether oxygens (including phenoxy) is 1. The number of nitriles is 1. The van der Waals surface area contributed by atoms with Crippen LogP contribution in [0.5, 0.6) is 0 Å². The summed E-state index contributed by atoms with van der Waals surface area (Å²) in [6, 6.07) is 9.92. The molecule has 1 aromatic heterocycles. The predicted molar refractivity (Wildman–Crippen MR) is 74.8 cm³/mol. The van der Waals surface area contributed by atoms with Crippen LogP contribution in [0.15, 0.2) is 35.7 Å². The minimum absolute atomic E-state index is 0.331. The number of methoxy groups -OCH3 is 1. The van der Waals surface area contributed by atoms with Crippen molar-refractivity contribution in [2.45, 2.75) is 0 Å². The Balaban J connectivity index is 2.22. The van der Waals surface area contributed by atoms with E-state index in [0.29, 0.717) is 21.7 Å². The molecule has 5 nitrogen and oxygen atoms in total. The topological polar surface area (TPSA) is 79.2 Å². The molecule has 1 N–H and O–H groups in total. The van der Waals surface area contributed by atoms with E-state index in [1.165, 1.54) is 24.5 Å². The molecule has 0 aliphatic carbocycles. The van der Waals surface area contributed by atoms with Crippen LogP contribution in [0.2, 0.25) is 0 Å². The first-order chi connectivity index (χ1) is 9.65. The molecule has 2 rings (SSSR count). The third-order valence-corrected chi connectivity index (χ3v) is 3.43.